The monoisotopic (exact) mass is 428 g/mol. The second-order valence-electron chi connectivity index (χ2n) is 6.20. The molecule has 2 aromatic carbocycles. The molecule has 156 valence electrons. The molecule has 0 unspecified atom stereocenters. The predicted octanol–water partition coefficient (Wildman–Crippen LogP) is 2.61. The maximum atomic E-state index is 12.5. The van der Waals surface area contributed by atoms with Crippen LogP contribution >= 0.6 is 0 Å². The SMILES string of the molecule is COc1nccnc1NS(=O)(=O)c1ccc(NC(=O)COc2cccc(C)c2)cc1. The highest BCUT2D eigenvalue weighted by atomic mass is 32.2. The fourth-order valence-corrected chi connectivity index (χ4v) is 3.51. The van der Waals surface area contributed by atoms with Gasteiger partial charge in [0.05, 0.1) is 12.0 Å². The molecule has 1 amide bonds. The number of methoxy groups -OCH3 is 1. The maximum absolute atomic E-state index is 12.5. The van der Waals surface area contributed by atoms with Gasteiger partial charge < -0.3 is 14.8 Å². The Labute approximate surface area is 174 Å². The zero-order valence-electron chi connectivity index (χ0n) is 16.3. The van der Waals surface area contributed by atoms with Crippen molar-refractivity contribution in [2.75, 3.05) is 23.8 Å². The number of anilines is 2. The number of sulfonamides is 1. The lowest BCUT2D eigenvalue weighted by molar-refractivity contribution is -0.118. The van der Waals surface area contributed by atoms with Crippen molar-refractivity contribution in [1.82, 2.24) is 9.97 Å². The highest BCUT2D eigenvalue weighted by molar-refractivity contribution is 7.92. The van der Waals surface area contributed by atoms with Gasteiger partial charge in [0, 0.05) is 18.1 Å². The molecule has 30 heavy (non-hydrogen) atoms. The quantitative estimate of drug-likeness (QED) is 0.566. The Bertz CT molecular complexity index is 1130. The Morgan fingerprint density at radius 1 is 1.07 bits per heavy atom. The van der Waals surface area contributed by atoms with Gasteiger partial charge in [-0.25, -0.2) is 18.4 Å². The summed E-state index contributed by atoms with van der Waals surface area (Å²) < 4.78 is 37.9. The summed E-state index contributed by atoms with van der Waals surface area (Å²) >= 11 is 0. The van der Waals surface area contributed by atoms with Gasteiger partial charge in [0.15, 0.2) is 6.61 Å². The van der Waals surface area contributed by atoms with Crippen LogP contribution in [-0.2, 0) is 14.8 Å². The molecule has 0 atom stereocenters. The fraction of sp³-hybridized carbons (Fsp3) is 0.150. The molecule has 2 N–H and O–H groups in total. The van der Waals surface area contributed by atoms with Crippen LogP contribution in [0, 0.1) is 6.92 Å². The third-order valence-corrected chi connectivity index (χ3v) is 5.25. The minimum atomic E-state index is -3.91. The molecule has 0 aliphatic heterocycles. The predicted molar refractivity (Wildman–Crippen MR) is 111 cm³/mol. The van der Waals surface area contributed by atoms with Crippen molar-refractivity contribution in [1.29, 1.82) is 0 Å². The minimum Gasteiger partial charge on any atom is -0.484 e. The van der Waals surface area contributed by atoms with Gasteiger partial charge in [-0.15, -0.1) is 0 Å². The van der Waals surface area contributed by atoms with Crippen LogP contribution in [0.1, 0.15) is 5.56 Å². The average Bonchev–Trinajstić information content (AvgIpc) is 2.73. The van der Waals surface area contributed by atoms with Crippen molar-refractivity contribution in [2.24, 2.45) is 0 Å². The summed E-state index contributed by atoms with van der Waals surface area (Å²) in [4.78, 5) is 19.9. The van der Waals surface area contributed by atoms with Crippen molar-refractivity contribution in [3.05, 3.63) is 66.5 Å². The molecule has 9 nitrogen and oxygen atoms in total. The number of ether oxygens (including phenoxy) is 2. The fourth-order valence-electron chi connectivity index (χ4n) is 2.50. The third kappa shape index (κ3) is 5.45. The Balaban J connectivity index is 1.61. The van der Waals surface area contributed by atoms with E-state index < -0.39 is 10.0 Å². The van der Waals surface area contributed by atoms with Crippen LogP contribution < -0.4 is 19.5 Å². The smallest absolute Gasteiger partial charge is 0.263 e. The number of hydrogen-bond acceptors (Lipinski definition) is 7. The molecule has 1 aromatic heterocycles. The number of aromatic nitrogens is 2. The zero-order chi connectivity index (χ0) is 21.6. The van der Waals surface area contributed by atoms with E-state index in [9.17, 15) is 13.2 Å². The van der Waals surface area contributed by atoms with E-state index in [1.807, 2.05) is 25.1 Å². The van der Waals surface area contributed by atoms with E-state index in [4.69, 9.17) is 9.47 Å². The summed E-state index contributed by atoms with van der Waals surface area (Å²) in [5.41, 5.74) is 1.46. The Morgan fingerprint density at radius 2 is 1.80 bits per heavy atom. The molecule has 0 bridgehead atoms. The molecule has 0 spiro atoms. The average molecular weight is 428 g/mol. The van der Waals surface area contributed by atoms with Crippen molar-refractivity contribution < 1.29 is 22.7 Å². The first-order valence-corrected chi connectivity index (χ1v) is 10.3. The molecule has 0 fully saturated rings. The van der Waals surface area contributed by atoms with E-state index in [0.717, 1.165) is 5.56 Å². The molecule has 3 rings (SSSR count). The van der Waals surface area contributed by atoms with Gasteiger partial charge >= 0.3 is 0 Å². The minimum absolute atomic E-state index is 0.00999. The van der Waals surface area contributed by atoms with Gasteiger partial charge in [-0.3, -0.25) is 9.52 Å². The number of amides is 1. The lowest BCUT2D eigenvalue weighted by Crippen LogP contribution is -2.20. The van der Waals surface area contributed by atoms with Crippen LogP contribution in [0.3, 0.4) is 0 Å². The van der Waals surface area contributed by atoms with Crippen molar-refractivity contribution in [2.45, 2.75) is 11.8 Å². The van der Waals surface area contributed by atoms with Gasteiger partial charge in [0.25, 0.3) is 21.8 Å². The highest BCUT2D eigenvalue weighted by Gasteiger charge is 2.18. The third-order valence-electron chi connectivity index (χ3n) is 3.90. The molecule has 0 radical (unpaired) electrons. The van der Waals surface area contributed by atoms with E-state index in [-0.39, 0.29) is 29.1 Å². The number of aryl methyl sites for hydroxylation is 1. The number of carbonyl (C=O) groups is 1. The zero-order valence-corrected chi connectivity index (χ0v) is 17.1. The Hall–Kier alpha value is -3.66. The number of rotatable bonds is 8. The second-order valence-corrected chi connectivity index (χ2v) is 7.88. The summed E-state index contributed by atoms with van der Waals surface area (Å²) in [6.45, 7) is 1.76. The number of nitrogens with zero attached hydrogens (tertiary/aromatic N) is 2. The van der Waals surface area contributed by atoms with Crippen LogP contribution in [0.2, 0.25) is 0 Å². The van der Waals surface area contributed by atoms with Crippen LogP contribution in [0.5, 0.6) is 11.6 Å². The first kappa shape index (κ1) is 21.1. The van der Waals surface area contributed by atoms with Crippen LogP contribution in [0.4, 0.5) is 11.5 Å². The molecular weight excluding hydrogens is 408 g/mol. The van der Waals surface area contributed by atoms with E-state index in [1.165, 1.54) is 43.8 Å². The molecular formula is C20H20N4O5S. The molecule has 10 heteroatoms. The molecule has 0 aliphatic carbocycles. The van der Waals surface area contributed by atoms with E-state index in [2.05, 4.69) is 20.0 Å². The largest absolute Gasteiger partial charge is 0.484 e. The normalized spacial score (nSPS) is 10.9. The van der Waals surface area contributed by atoms with Crippen LogP contribution in [0.25, 0.3) is 0 Å². The van der Waals surface area contributed by atoms with E-state index >= 15 is 0 Å². The summed E-state index contributed by atoms with van der Waals surface area (Å²) in [7, 11) is -2.55. The van der Waals surface area contributed by atoms with Gasteiger partial charge in [-0.05, 0) is 48.9 Å². The molecule has 3 aromatic rings. The molecule has 1 heterocycles. The van der Waals surface area contributed by atoms with Gasteiger partial charge in [0.2, 0.25) is 5.82 Å². The van der Waals surface area contributed by atoms with Crippen LogP contribution in [0.15, 0.2) is 65.8 Å². The lowest BCUT2D eigenvalue weighted by atomic mass is 10.2. The van der Waals surface area contributed by atoms with Gasteiger partial charge in [0.1, 0.15) is 5.75 Å². The first-order valence-electron chi connectivity index (χ1n) is 8.84. The maximum Gasteiger partial charge on any atom is 0.263 e. The van der Waals surface area contributed by atoms with Gasteiger partial charge in [-0.2, -0.15) is 0 Å². The van der Waals surface area contributed by atoms with Crippen LogP contribution in [-0.4, -0.2) is 38.0 Å². The number of hydrogen-bond donors (Lipinski definition) is 2. The first-order chi connectivity index (χ1) is 14.4. The summed E-state index contributed by atoms with van der Waals surface area (Å²) in [5, 5.41) is 2.65. The van der Waals surface area contributed by atoms with Crippen molar-refractivity contribution in [3.8, 4) is 11.6 Å². The molecule has 0 aliphatic rings. The highest BCUT2D eigenvalue weighted by Crippen LogP contribution is 2.22. The van der Waals surface area contributed by atoms with E-state index in [1.54, 1.807) is 6.07 Å². The summed E-state index contributed by atoms with van der Waals surface area (Å²) in [6, 6.07) is 13.0. The standard InChI is InChI=1S/C20H20N4O5S/c1-14-4-3-5-16(12-14)29-13-18(25)23-15-6-8-17(9-7-15)30(26,27)24-19-20(28-2)22-11-10-21-19/h3-12H,13H2,1-2H3,(H,21,24)(H,23,25). The van der Waals surface area contributed by atoms with Crippen molar-refractivity contribution in [3.63, 3.8) is 0 Å². The number of nitrogens with one attached hydrogen (secondary N) is 2. The topological polar surface area (TPSA) is 120 Å². The molecule has 0 saturated carbocycles. The second kappa shape index (κ2) is 9.23. The van der Waals surface area contributed by atoms with Gasteiger partial charge in [-0.1, -0.05) is 12.1 Å². The summed E-state index contributed by atoms with van der Waals surface area (Å²) in [5.74, 6) is 0.260. The molecule has 0 saturated heterocycles. The number of carbonyl (C=O) groups excluding carboxylic acids is 1. The Kier molecular flexibility index (Phi) is 6.48. The lowest BCUT2D eigenvalue weighted by Gasteiger charge is -2.11. The number of benzene rings is 2. The van der Waals surface area contributed by atoms with E-state index in [0.29, 0.717) is 11.4 Å². The Morgan fingerprint density at radius 3 is 2.50 bits per heavy atom. The van der Waals surface area contributed by atoms with Crippen molar-refractivity contribution >= 4 is 27.4 Å². The summed E-state index contributed by atoms with van der Waals surface area (Å²) in [6.07, 6.45) is 2.73.